The largest absolute Gasteiger partial charge is 0.481 e. The minimum Gasteiger partial charge on any atom is -0.481 e. The van der Waals surface area contributed by atoms with E-state index in [4.69, 9.17) is 5.11 Å². The van der Waals surface area contributed by atoms with Crippen LogP contribution in [0.3, 0.4) is 0 Å². The Morgan fingerprint density at radius 3 is 1.82 bits per heavy atom. The average Bonchev–Trinajstić information content (AvgIpc) is 2.48. The van der Waals surface area contributed by atoms with Crippen molar-refractivity contribution >= 4 is 41.5 Å². The summed E-state index contributed by atoms with van der Waals surface area (Å²) in [7, 11) is 0. The van der Waals surface area contributed by atoms with Gasteiger partial charge in [0.25, 0.3) is 0 Å². The molecule has 0 spiro atoms. The first-order valence-electron chi connectivity index (χ1n) is 6.23. The van der Waals surface area contributed by atoms with Crippen LogP contribution in [0, 0.1) is 0 Å². The third-order valence-corrected chi connectivity index (χ3v) is 3.11. The van der Waals surface area contributed by atoms with Gasteiger partial charge in [0.1, 0.15) is 0 Å². The van der Waals surface area contributed by atoms with E-state index in [1.807, 2.05) is 18.2 Å². The molecule has 4 nitrogen and oxygen atoms in total. The minimum atomic E-state index is -0.956. The van der Waals surface area contributed by atoms with Gasteiger partial charge >= 0.3 is 5.97 Å². The monoisotopic (exact) mass is 334 g/mol. The number of carbonyl (C=O) groups is 3. The summed E-state index contributed by atoms with van der Waals surface area (Å²) in [6, 6.07) is 15.5. The van der Waals surface area contributed by atoms with Crippen molar-refractivity contribution in [2.75, 3.05) is 0 Å². The van der Waals surface area contributed by atoms with Crippen LogP contribution in [-0.2, 0) is 11.2 Å². The van der Waals surface area contributed by atoms with Gasteiger partial charge in [-0.05, 0) is 5.56 Å². The molecule has 22 heavy (non-hydrogen) atoms. The van der Waals surface area contributed by atoms with Gasteiger partial charge in [-0.3, -0.25) is 14.4 Å². The van der Waals surface area contributed by atoms with Crippen molar-refractivity contribution < 1.29 is 19.5 Å². The van der Waals surface area contributed by atoms with Crippen LogP contribution in [0.5, 0.6) is 0 Å². The molecule has 0 amide bonds. The third kappa shape index (κ3) is 6.15. The molecule has 6 heteroatoms. The smallest absolute Gasteiger partial charge is 0.307 e. The Bertz CT molecular complexity index is 669. The van der Waals surface area contributed by atoms with Crippen LogP contribution < -0.4 is 0 Å². The van der Waals surface area contributed by atoms with Gasteiger partial charge in [-0.15, -0.1) is 25.3 Å². The first-order chi connectivity index (χ1) is 10.4. The van der Waals surface area contributed by atoms with Crippen molar-refractivity contribution in [2.24, 2.45) is 0 Å². The highest BCUT2D eigenvalue weighted by molar-refractivity contribution is 7.97. The maximum Gasteiger partial charge on any atom is 0.307 e. The van der Waals surface area contributed by atoms with E-state index in [2.05, 4.69) is 25.3 Å². The Labute approximate surface area is 139 Å². The van der Waals surface area contributed by atoms with Crippen LogP contribution in [-0.4, -0.2) is 21.3 Å². The normalized spacial score (nSPS) is 9.36. The standard InChI is InChI=1S/C9H8O3S.C7H6OS/c10-8(11)5-6-3-1-2-4-7(6)9(12)13;8-7(9)6-4-2-1-3-5-6/h1-4H,5H2,(H,10,11)(H,12,13);1-5H,(H,8,9). The zero-order valence-corrected chi connectivity index (χ0v) is 13.3. The number of carboxylic acids is 1. The van der Waals surface area contributed by atoms with Crippen LogP contribution >= 0.6 is 25.3 Å². The van der Waals surface area contributed by atoms with Gasteiger partial charge in [0.2, 0.25) is 10.2 Å². The number of hydrogen-bond acceptors (Lipinski definition) is 3. The zero-order valence-electron chi connectivity index (χ0n) is 11.5. The summed E-state index contributed by atoms with van der Waals surface area (Å²) in [6.07, 6.45) is -0.150. The van der Waals surface area contributed by atoms with Crippen LogP contribution in [0.4, 0.5) is 0 Å². The number of aliphatic carboxylic acids is 1. The number of rotatable bonds is 4. The predicted octanol–water partition coefficient (Wildman–Crippen LogP) is 3.14. The first-order valence-corrected chi connectivity index (χ1v) is 7.12. The van der Waals surface area contributed by atoms with Crippen LogP contribution in [0.1, 0.15) is 26.3 Å². The Hall–Kier alpha value is -2.05. The molecule has 2 aromatic carbocycles. The van der Waals surface area contributed by atoms with Gasteiger partial charge in [0.05, 0.1) is 6.42 Å². The highest BCUT2D eigenvalue weighted by Gasteiger charge is 2.09. The van der Waals surface area contributed by atoms with Crippen molar-refractivity contribution in [1.82, 2.24) is 0 Å². The van der Waals surface area contributed by atoms with Gasteiger partial charge in [-0.1, -0.05) is 54.6 Å². The maximum absolute atomic E-state index is 10.9. The van der Waals surface area contributed by atoms with Gasteiger partial charge in [-0.25, -0.2) is 0 Å². The summed E-state index contributed by atoms with van der Waals surface area (Å²) in [5, 5.41) is 7.95. The lowest BCUT2D eigenvalue weighted by Gasteiger charge is -2.01. The molecule has 0 unspecified atom stereocenters. The Balaban J connectivity index is 0.000000235. The lowest BCUT2D eigenvalue weighted by Crippen LogP contribution is -2.04. The quantitative estimate of drug-likeness (QED) is 0.751. The Morgan fingerprint density at radius 1 is 0.818 bits per heavy atom. The molecule has 0 fully saturated rings. The maximum atomic E-state index is 10.9. The fourth-order valence-corrected chi connectivity index (χ4v) is 1.99. The summed E-state index contributed by atoms with van der Waals surface area (Å²) in [6.45, 7) is 0. The van der Waals surface area contributed by atoms with Crippen molar-refractivity contribution in [3.8, 4) is 0 Å². The minimum absolute atomic E-state index is 0.150. The van der Waals surface area contributed by atoms with Gasteiger partial charge < -0.3 is 5.11 Å². The molecule has 0 heterocycles. The molecule has 114 valence electrons. The van der Waals surface area contributed by atoms with Gasteiger partial charge in [0, 0.05) is 11.1 Å². The number of carbonyl (C=O) groups excluding carboxylic acids is 2. The Kier molecular flexibility index (Phi) is 7.42. The lowest BCUT2D eigenvalue weighted by molar-refractivity contribution is -0.136. The molecule has 0 bridgehead atoms. The third-order valence-electron chi connectivity index (χ3n) is 2.61. The number of hydrogen-bond donors (Lipinski definition) is 3. The average molecular weight is 334 g/mol. The van der Waals surface area contributed by atoms with Crippen molar-refractivity contribution in [3.05, 3.63) is 71.3 Å². The summed E-state index contributed by atoms with van der Waals surface area (Å²) < 4.78 is 0. The summed E-state index contributed by atoms with van der Waals surface area (Å²) in [4.78, 5) is 31.8. The molecule has 0 saturated carbocycles. The second-order valence-corrected chi connectivity index (χ2v) is 5.02. The topological polar surface area (TPSA) is 71.4 Å². The molecule has 0 aromatic heterocycles. The summed E-state index contributed by atoms with van der Waals surface area (Å²) in [5.74, 6) is -0.956. The van der Waals surface area contributed by atoms with Crippen LogP contribution in [0.25, 0.3) is 0 Å². The molecule has 2 aromatic rings. The van der Waals surface area contributed by atoms with E-state index in [1.165, 1.54) is 0 Å². The number of thiol groups is 2. The molecule has 0 atom stereocenters. The molecule has 0 aliphatic carbocycles. The van der Waals surface area contributed by atoms with E-state index in [0.29, 0.717) is 16.7 Å². The molecule has 0 aliphatic rings. The molecule has 0 aliphatic heterocycles. The molecular formula is C16H14O4S2. The molecule has 0 saturated heterocycles. The van der Waals surface area contributed by atoms with E-state index < -0.39 is 11.1 Å². The predicted molar refractivity (Wildman–Crippen MR) is 90.9 cm³/mol. The highest BCUT2D eigenvalue weighted by atomic mass is 32.1. The lowest BCUT2D eigenvalue weighted by atomic mass is 10.1. The highest BCUT2D eigenvalue weighted by Crippen LogP contribution is 2.11. The summed E-state index contributed by atoms with van der Waals surface area (Å²) >= 11 is 7.30. The van der Waals surface area contributed by atoms with Gasteiger partial charge in [-0.2, -0.15) is 0 Å². The summed E-state index contributed by atoms with van der Waals surface area (Å²) in [5.41, 5.74) is 1.49. The fourth-order valence-electron chi connectivity index (χ4n) is 1.63. The second kappa shape index (κ2) is 9.07. The van der Waals surface area contributed by atoms with Gasteiger partial charge in [0.15, 0.2) is 0 Å². The van der Waals surface area contributed by atoms with Crippen molar-refractivity contribution in [3.63, 3.8) is 0 Å². The number of carboxylic acid groups (broad SMARTS) is 1. The SMILES string of the molecule is O=C(O)Cc1ccccc1C(=O)S.O=C(S)c1ccccc1. The second-order valence-electron chi connectivity index (χ2n) is 4.20. The molecular weight excluding hydrogens is 320 g/mol. The molecule has 1 N–H and O–H groups in total. The van der Waals surface area contributed by atoms with E-state index in [-0.39, 0.29) is 11.5 Å². The molecule has 0 radical (unpaired) electrons. The van der Waals surface area contributed by atoms with Crippen molar-refractivity contribution in [2.45, 2.75) is 6.42 Å². The van der Waals surface area contributed by atoms with Crippen molar-refractivity contribution in [1.29, 1.82) is 0 Å². The molecule has 2 rings (SSSR count). The van der Waals surface area contributed by atoms with Crippen LogP contribution in [0.15, 0.2) is 54.6 Å². The van der Waals surface area contributed by atoms with E-state index in [9.17, 15) is 14.4 Å². The fraction of sp³-hybridized carbons (Fsp3) is 0.0625. The van der Waals surface area contributed by atoms with E-state index >= 15 is 0 Å². The van der Waals surface area contributed by atoms with Crippen LogP contribution in [0.2, 0.25) is 0 Å². The van der Waals surface area contributed by atoms with E-state index in [0.717, 1.165) is 0 Å². The zero-order chi connectivity index (χ0) is 16.5. The Morgan fingerprint density at radius 2 is 1.36 bits per heavy atom. The first kappa shape index (κ1) is 18.0. The van der Waals surface area contributed by atoms with E-state index in [1.54, 1.807) is 36.4 Å². The number of benzene rings is 2.